The maximum atomic E-state index is 13.2. The zero-order valence-corrected chi connectivity index (χ0v) is 20.0. The third-order valence-electron chi connectivity index (χ3n) is 4.53. The molecule has 0 heterocycles. The molecule has 0 saturated heterocycles. The molecule has 2 amide bonds. The summed E-state index contributed by atoms with van der Waals surface area (Å²) in [7, 11) is 0. The first-order chi connectivity index (χ1) is 14.1. The Morgan fingerprint density at radius 3 is 1.93 bits per heavy atom. The van der Waals surface area contributed by atoms with Crippen LogP contribution in [0.4, 0.5) is 0 Å². The summed E-state index contributed by atoms with van der Waals surface area (Å²) in [5.41, 5.74) is 1.48. The molecule has 0 spiro atoms. The molecule has 1 unspecified atom stereocenters. The van der Waals surface area contributed by atoms with Crippen LogP contribution in [-0.2, 0) is 22.6 Å². The van der Waals surface area contributed by atoms with Gasteiger partial charge in [0.25, 0.3) is 0 Å². The molecule has 2 rings (SSSR count). The molecule has 0 aromatic heterocycles. The van der Waals surface area contributed by atoms with Gasteiger partial charge in [0.15, 0.2) is 0 Å². The van der Waals surface area contributed by atoms with Crippen LogP contribution in [0.1, 0.15) is 31.9 Å². The highest BCUT2D eigenvalue weighted by Gasteiger charge is 2.26. The average Bonchev–Trinajstić information content (AvgIpc) is 2.69. The summed E-state index contributed by atoms with van der Waals surface area (Å²) in [4.78, 5) is 27.4. The van der Waals surface area contributed by atoms with Gasteiger partial charge in [-0.25, -0.2) is 0 Å². The molecular weight excluding hydrogens is 466 g/mol. The summed E-state index contributed by atoms with van der Waals surface area (Å²) in [5.74, 6) is -0.130. The molecular formula is C22H24Cl4N2O2. The summed E-state index contributed by atoms with van der Waals surface area (Å²) in [6.45, 7) is 6.47. The highest BCUT2D eigenvalue weighted by Crippen LogP contribution is 2.25. The molecule has 0 fully saturated rings. The van der Waals surface area contributed by atoms with Crippen LogP contribution in [0.5, 0.6) is 0 Å². The number of hydrogen-bond donors (Lipinski definition) is 1. The molecule has 4 nitrogen and oxygen atoms in total. The molecule has 0 aliphatic carbocycles. The van der Waals surface area contributed by atoms with E-state index in [1.54, 1.807) is 43.3 Å². The van der Waals surface area contributed by atoms with Crippen molar-refractivity contribution in [1.82, 2.24) is 10.2 Å². The molecule has 0 aliphatic rings. The summed E-state index contributed by atoms with van der Waals surface area (Å²) in [6, 6.07) is 9.52. The minimum Gasteiger partial charge on any atom is -0.354 e. The molecule has 1 atom stereocenters. The number of benzene rings is 2. The van der Waals surface area contributed by atoms with Gasteiger partial charge in [0.2, 0.25) is 11.8 Å². The van der Waals surface area contributed by atoms with Crippen LogP contribution >= 0.6 is 46.4 Å². The van der Waals surface area contributed by atoms with E-state index in [2.05, 4.69) is 5.32 Å². The number of carbonyl (C=O) groups is 2. The van der Waals surface area contributed by atoms with Crippen molar-refractivity contribution in [3.8, 4) is 0 Å². The van der Waals surface area contributed by atoms with Gasteiger partial charge in [-0.15, -0.1) is 0 Å². The van der Waals surface area contributed by atoms with Gasteiger partial charge < -0.3 is 10.2 Å². The first-order valence-electron chi connectivity index (χ1n) is 9.53. The number of amides is 2. The normalized spacial score (nSPS) is 12.0. The number of carbonyl (C=O) groups excluding carboxylic acids is 2. The van der Waals surface area contributed by atoms with Crippen LogP contribution in [0, 0.1) is 5.92 Å². The predicted octanol–water partition coefficient (Wildman–Crippen LogP) is 6.03. The zero-order valence-electron chi connectivity index (χ0n) is 17.0. The second-order valence-corrected chi connectivity index (χ2v) is 9.14. The van der Waals surface area contributed by atoms with Crippen molar-refractivity contribution in [2.45, 2.75) is 39.8 Å². The van der Waals surface area contributed by atoms with E-state index in [4.69, 9.17) is 46.4 Å². The fourth-order valence-electron chi connectivity index (χ4n) is 2.80. The molecule has 2 aromatic rings. The lowest BCUT2D eigenvalue weighted by molar-refractivity contribution is -0.140. The highest BCUT2D eigenvalue weighted by molar-refractivity contribution is 6.42. The van der Waals surface area contributed by atoms with E-state index in [0.29, 0.717) is 38.1 Å². The van der Waals surface area contributed by atoms with E-state index in [9.17, 15) is 9.59 Å². The highest BCUT2D eigenvalue weighted by atomic mass is 35.5. The Kier molecular flexibility index (Phi) is 9.30. The number of hydrogen-bond acceptors (Lipinski definition) is 2. The predicted molar refractivity (Wildman–Crippen MR) is 124 cm³/mol. The van der Waals surface area contributed by atoms with Gasteiger partial charge in [-0.1, -0.05) is 72.4 Å². The van der Waals surface area contributed by atoms with Crippen molar-refractivity contribution in [3.63, 3.8) is 0 Å². The van der Waals surface area contributed by atoms with Gasteiger partial charge in [-0.2, -0.15) is 0 Å². The van der Waals surface area contributed by atoms with Crippen molar-refractivity contribution in [2.24, 2.45) is 5.92 Å². The monoisotopic (exact) mass is 488 g/mol. The van der Waals surface area contributed by atoms with Gasteiger partial charge in [0.05, 0.1) is 26.5 Å². The van der Waals surface area contributed by atoms with Crippen LogP contribution in [0.2, 0.25) is 20.1 Å². The molecule has 1 N–H and O–H groups in total. The van der Waals surface area contributed by atoms with Gasteiger partial charge in [-0.3, -0.25) is 9.59 Å². The largest absolute Gasteiger partial charge is 0.354 e. The van der Waals surface area contributed by atoms with Crippen molar-refractivity contribution in [3.05, 3.63) is 67.6 Å². The van der Waals surface area contributed by atoms with Crippen LogP contribution < -0.4 is 5.32 Å². The number of rotatable bonds is 8. The van der Waals surface area contributed by atoms with E-state index in [1.165, 1.54) is 4.90 Å². The van der Waals surface area contributed by atoms with Crippen molar-refractivity contribution < 1.29 is 9.59 Å². The first-order valence-corrected chi connectivity index (χ1v) is 11.0. The Labute approximate surface area is 197 Å². The van der Waals surface area contributed by atoms with Crippen molar-refractivity contribution in [1.29, 1.82) is 0 Å². The van der Waals surface area contributed by atoms with Crippen LogP contribution in [0.25, 0.3) is 0 Å². The standard InChI is InChI=1S/C22H24Cl4N2O2/c1-13(2)11-27-22(30)14(3)28(12-16-5-7-18(24)20(26)9-16)21(29)10-15-4-6-17(23)19(25)8-15/h4-9,13-14H,10-12H2,1-3H3,(H,27,30). The number of nitrogens with zero attached hydrogens (tertiary/aromatic N) is 1. The van der Waals surface area contributed by atoms with E-state index >= 15 is 0 Å². The Bertz CT molecular complexity index is 918. The Hall–Kier alpha value is -1.46. The van der Waals surface area contributed by atoms with Gasteiger partial charge in [-0.05, 0) is 48.2 Å². The summed E-state index contributed by atoms with van der Waals surface area (Å²) < 4.78 is 0. The Balaban J connectivity index is 2.25. The van der Waals surface area contributed by atoms with Crippen molar-refractivity contribution >= 4 is 58.2 Å². The quantitative estimate of drug-likeness (QED) is 0.491. The molecule has 0 radical (unpaired) electrons. The summed E-state index contributed by atoms with van der Waals surface area (Å²) >= 11 is 24.2. The number of halogens is 4. The lowest BCUT2D eigenvalue weighted by Gasteiger charge is -2.29. The molecule has 0 saturated carbocycles. The van der Waals surface area contributed by atoms with Crippen LogP contribution in [0.3, 0.4) is 0 Å². The van der Waals surface area contributed by atoms with E-state index in [0.717, 1.165) is 5.56 Å². The second kappa shape index (κ2) is 11.2. The SMILES string of the molecule is CC(C)CNC(=O)C(C)N(Cc1ccc(Cl)c(Cl)c1)C(=O)Cc1ccc(Cl)c(Cl)c1. The second-order valence-electron chi connectivity index (χ2n) is 7.51. The Morgan fingerprint density at radius 2 is 1.40 bits per heavy atom. The lowest BCUT2D eigenvalue weighted by atomic mass is 10.1. The topological polar surface area (TPSA) is 49.4 Å². The van der Waals surface area contributed by atoms with Gasteiger partial charge in [0.1, 0.15) is 6.04 Å². The third-order valence-corrected chi connectivity index (χ3v) is 6.01. The molecule has 2 aromatic carbocycles. The van der Waals surface area contributed by atoms with Crippen molar-refractivity contribution in [2.75, 3.05) is 6.54 Å². The number of nitrogens with one attached hydrogen (secondary N) is 1. The van der Waals surface area contributed by atoms with E-state index < -0.39 is 6.04 Å². The van der Waals surface area contributed by atoms with E-state index in [1.807, 2.05) is 13.8 Å². The molecule has 0 aliphatic heterocycles. The smallest absolute Gasteiger partial charge is 0.242 e. The molecule has 0 bridgehead atoms. The molecule has 8 heteroatoms. The fourth-order valence-corrected chi connectivity index (χ4v) is 3.44. The maximum Gasteiger partial charge on any atom is 0.242 e. The lowest BCUT2D eigenvalue weighted by Crippen LogP contribution is -2.48. The third kappa shape index (κ3) is 7.05. The van der Waals surface area contributed by atoms with Crippen LogP contribution in [-0.4, -0.2) is 29.3 Å². The first kappa shape index (κ1) is 24.8. The zero-order chi connectivity index (χ0) is 22.4. The minimum absolute atomic E-state index is 0.0833. The average molecular weight is 490 g/mol. The van der Waals surface area contributed by atoms with E-state index in [-0.39, 0.29) is 24.8 Å². The minimum atomic E-state index is -0.673. The molecule has 30 heavy (non-hydrogen) atoms. The summed E-state index contributed by atoms with van der Waals surface area (Å²) in [5, 5.41) is 4.50. The van der Waals surface area contributed by atoms with Gasteiger partial charge in [0, 0.05) is 13.1 Å². The molecule has 162 valence electrons. The Morgan fingerprint density at radius 1 is 0.867 bits per heavy atom. The van der Waals surface area contributed by atoms with Crippen LogP contribution in [0.15, 0.2) is 36.4 Å². The maximum absolute atomic E-state index is 13.2. The van der Waals surface area contributed by atoms with Gasteiger partial charge >= 0.3 is 0 Å². The summed E-state index contributed by atoms with van der Waals surface area (Å²) in [6.07, 6.45) is 0.0833. The fraction of sp³-hybridized carbons (Fsp3) is 0.364.